The van der Waals surface area contributed by atoms with Gasteiger partial charge in [-0.2, -0.15) is 0 Å². The van der Waals surface area contributed by atoms with Crippen LogP contribution < -0.4 is 16.0 Å². The van der Waals surface area contributed by atoms with Crippen molar-refractivity contribution in [2.45, 2.75) is 143 Å². The fourth-order valence-corrected chi connectivity index (χ4v) is 9.18. The second kappa shape index (κ2) is 50.6. The smallest absolute Gasteiger partial charge is 0.222 e. The van der Waals surface area contributed by atoms with Gasteiger partial charge in [0, 0.05) is 68.6 Å². The zero-order valence-electron chi connectivity index (χ0n) is 52.6. The van der Waals surface area contributed by atoms with Crippen molar-refractivity contribution in [2.75, 3.05) is 185 Å². The van der Waals surface area contributed by atoms with E-state index in [2.05, 4.69) is 26.0 Å². The van der Waals surface area contributed by atoms with Crippen LogP contribution in [0.2, 0.25) is 0 Å². The molecule has 3 saturated heterocycles. The van der Waals surface area contributed by atoms with Crippen LogP contribution in [0, 0.1) is 5.41 Å². The standard InChI is InChI=1S/C56H102N6O31/c57-62-61-8-3-1-2-4-37(66)30-56(34-85-12-5-41(67)58-9-15-79-18-21-82-24-27-88-53-50(76)47(73)44(70)38(31-63)91-53,35-86-13-6-42(68)59-10-16-80-19-22-83-25-28-89-54-51(77)48(74)45(71)39(32-64)92-54)36-87-14-7-43(69)60-11-17-81-20-23-84-26-29-90-55-52(78)49(75)46(72)40(33-65)93-55/h38-40,44-55,63-65,70-78H,1-36H2,(H,58,67)(H,59,68)(H,60,69)/t38?,39?,40?,44-,45-,46-,47+,48+,49+,50?,51?,52?,53-,54+,55+,56?/m1/s1. The van der Waals surface area contributed by atoms with Gasteiger partial charge in [0.25, 0.3) is 0 Å². The molecule has 3 rings (SSSR count). The van der Waals surface area contributed by atoms with Gasteiger partial charge >= 0.3 is 0 Å². The summed E-state index contributed by atoms with van der Waals surface area (Å²) in [4.78, 5) is 54.9. The highest BCUT2D eigenvalue weighted by atomic mass is 16.7. The lowest BCUT2D eigenvalue weighted by Crippen LogP contribution is -2.59. The molecule has 15 N–H and O–H groups in total. The van der Waals surface area contributed by atoms with Gasteiger partial charge in [0.05, 0.1) is 159 Å². The summed E-state index contributed by atoms with van der Waals surface area (Å²) in [6.45, 7) is -0.155. The Morgan fingerprint density at radius 2 is 0.699 bits per heavy atom. The van der Waals surface area contributed by atoms with E-state index in [1.54, 1.807) is 0 Å². The molecular weight excluding hydrogens is 1250 g/mol. The van der Waals surface area contributed by atoms with Gasteiger partial charge in [0.15, 0.2) is 18.9 Å². The van der Waals surface area contributed by atoms with Gasteiger partial charge in [-0.3, -0.25) is 19.2 Å². The van der Waals surface area contributed by atoms with E-state index >= 15 is 0 Å². The number of hydrogen-bond acceptors (Lipinski definition) is 32. The van der Waals surface area contributed by atoms with Crippen molar-refractivity contribution >= 4 is 23.5 Å². The lowest BCUT2D eigenvalue weighted by Gasteiger charge is -2.39. The van der Waals surface area contributed by atoms with E-state index in [1.165, 1.54) is 0 Å². The van der Waals surface area contributed by atoms with Crippen molar-refractivity contribution in [3.63, 3.8) is 0 Å². The van der Waals surface area contributed by atoms with Gasteiger partial charge in [-0.25, -0.2) is 0 Å². The first kappa shape index (κ1) is 83.5. The fraction of sp³-hybridized carbons (Fsp3) is 0.929. The summed E-state index contributed by atoms with van der Waals surface area (Å²) in [5.74, 6) is -1.24. The molecule has 0 aliphatic carbocycles. The van der Waals surface area contributed by atoms with Gasteiger partial charge in [-0.05, 0) is 18.4 Å². The fourth-order valence-electron chi connectivity index (χ4n) is 9.18. The molecule has 0 aromatic carbocycles. The minimum atomic E-state index is -1.57. The number of Topliss-reactive ketones (excluding diaryl/α,β-unsaturated/α-hetero) is 1. The normalized spacial score (nSPS) is 27.1. The molecule has 0 bridgehead atoms. The second-order valence-electron chi connectivity index (χ2n) is 21.8. The molecule has 37 heteroatoms. The number of nitrogens with zero attached hydrogens (tertiary/aromatic N) is 3. The highest BCUT2D eigenvalue weighted by Crippen LogP contribution is 2.28. The Morgan fingerprint density at radius 3 is 1.01 bits per heavy atom. The van der Waals surface area contributed by atoms with Gasteiger partial charge < -0.3 is 148 Å². The lowest BCUT2D eigenvalue weighted by molar-refractivity contribution is -0.302. The van der Waals surface area contributed by atoms with Crippen LogP contribution in [0.25, 0.3) is 10.4 Å². The third kappa shape index (κ3) is 34.4. The molecule has 542 valence electrons. The predicted octanol–water partition coefficient (Wildman–Crippen LogP) is -7.08. The van der Waals surface area contributed by atoms with E-state index in [1.807, 2.05) is 0 Å². The monoisotopic (exact) mass is 1350 g/mol. The summed E-state index contributed by atoms with van der Waals surface area (Å²) in [6.07, 6.45) is -19.5. The van der Waals surface area contributed by atoms with Crippen LogP contribution in [0.3, 0.4) is 0 Å². The SMILES string of the molecule is [N-]=[N+]=NCCCCCC(=O)CC(COCCC(=O)NCCOCCOCCO[C@@H]1OC(CO)[C@@H](O)[C@H](O)C1O)(COCCC(=O)NCCOCCOCCO[C@H]1OC(CO)[C@@H](O)[C@H](O)C1O)COCCC(=O)NCCOCCOCCO[C@H]1OC(CO)[C@@H](O)[C@H](O)C1O. The van der Waals surface area contributed by atoms with Crippen molar-refractivity contribution in [3.8, 4) is 0 Å². The van der Waals surface area contributed by atoms with Crippen LogP contribution in [0.4, 0.5) is 0 Å². The van der Waals surface area contributed by atoms with Crippen LogP contribution in [-0.2, 0) is 90.2 Å². The van der Waals surface area contributed by atoms with Crippen LogP contribution in [0.1, 0.15) is 51.4 Å². The van der Waals surface area contributed by atoms with Crippen LogP contribution in [0.15, 0.2) is 5.11 Å². The number of unbranched alkanes of at least 4 members (excludes halogenated alkanes) is 2. The third-order valence-electron chi connectivity index (χ3n) is 14.4. The number of rotatable bonds is 56. The molecule has 3 heterocycles. The minimum Gasteiger partial charge on any atom is -0.394 e. The summed E-state index contributed by atoms with van der Waals surface area (Å²) in [5.41, 5.74) is 7.49. The van der Waals surface area contributed by atoms with E-state index in [0.29, 0.717) is 19.3 Å². The molecule has 3 aliphatic rings. The zero-order chi connectivity index (χ0) is 68.1. The number of carbonyl (C=O) groups is 4. The van der Waals surface area contributed by atoms with E-state index in [0.717, 1.165) is 0 Å². The van der Waals surface area contributed by atoms with Crippen molar-refractivity contribution in [1.29, 1.82) is 0 Å². The number of nitrogens with one attached hydrogen (secondary N) is 3. The minimum absolute atomic E-state index is 0.0390. The molecular formula is C56H102N6O31. The molecule has 0 aromatic heterocycles. The number of carbonyl (C=O) groups excluding carboxylic acids is 4. The Balaban J connectivity index is 1.45. The van der Waals surface area contributed by atoms with E-state index in [-0.39, 0.29) is 221 Å². The summed E-state index contributed by atoms with van der Waals surface area (Å²) in [6, 6.07) is 0. The molecule has 3 fully saturated rings. The lowest BCUT2D eigenvalue weighted by atomic mass is 9.84. The number of hydrogen-bond donors (Lipinski definition) is 15. The highest BCUT2D eigenvalue weighted by Gasteiger charge is 2.46. The Bertz CT molecular complexity index is 1840. The Morgan fingerprint density at radius 1 is 0.387 bits per heavy atom. The van der Waals surface area contributed by atoms with E-state index in [4.69, 9.17) is 76.6 Å². The quantitative estimate of drug-likeness (QED) is 0.0116. The summed E-state index contributed by atoms with van der Waals surface area (Å²) >= 11 is 0. The average molecular weight is 1360 g/mol. The number of azide groups is 1. The maximum Gasteiger partial charge on any atom is 0.222 e. The molecule has 0 spiro atoms. The zero-order valence-corrected chi connectivity index (χ0v) is 52.6. The number of ketones is 1. The number of aliphatic hydroxyl groups is 12. The molecule has 0 aromatic rings. The van der Waals surface area contributed by atoms with Crippen molar-refractivity contribution in [3.05, 3.63) is 10.4 Å². The third-order valence-corrected chi connectivity index (χ3v) is 14.4. The van der Waals surface area contributed by atoms with Crippen LogP contribution >= 0.6 is 0 Å². The second-order valence-corrected chi connectivity index (χ2v) is 21.8. The van der Waals surface area contributed by atoms with E-state index in [9.17, 15) is 80.5 Å². The Hall–Kier alpha value is -3.69. The molecule has 0 radical (unpaired) electrons. The maximum absolute atomic E-state index is 13.7. The van der Waals surface area contributed by atoms with Crippen molar-refractivity contribution in [2.24, 2.45) is 10.5 Å². The molecule has 3 amide bonds. The number of amides is 3. The summed E-state index contributed by atoms with van der Waals surface area (Å²) < 4.78 is 83.0. The molecule has 15 atom stereocenters. The summed E-state index contributed by atoms with van der Waals surface area (Å²) in [5, 5.41) is 129. The van der Waals surface area contributed by atoms with Crippen molar-refractivity contribution < 1.29 is 152 Å². The van der Waals surface area contributed by atoms with Gasteiger partial charge in [0.2, 0.25) is 17.7 Å². The molecule has 3 aliphatic heterocycles. The number of aliphatic hydroxyl groups excluding tert-OH is 12. The van der Waals surface area contributed by atoms with Crippen molar-refractivity contribution in [1.82, 2.24) is 16.0 Å². The van der Waals surface area contributed by atoms with E-state index < -0.39 is 117 Å². The Labute approximate surface area is 538 Å². The first-order chi connectivity index (χ1) is 44.9. The summed E-state index contributed by atoms with van der Waals surface area (Å²) in [7, 11) is 0. The Kier molecular flexibility index (Phi) is 45.5. The first-order valence-electron chi connectivity index (χ1n) is 31.2. The first-order valence-corrected chi connectivity index (χ1v) is 31.2. The molecule has 0 saturated carbocycles. The topological polar surface area (TPSA) is 534 Å². The highest BCUT2D eigenvalue weighted by molar-refractivity contribution is 5.79. The predicted molar refractivity (Wildman–Crippen MR) is 314 cm³/mol. The largest absolute Gasteiger partial charge is 0.394 e. The van der Waals surface area contributed by atoms with Crippen LogP contribution in [0.5, 0.6) is 0 Å². The van der Waals surface area contributed by atoms with Crippen LogP contribution in [-0.4, -0.2) is 362 Å². The molecule has 6 unspecified atom stereocenters. The average Bonchev–Trinajstić information content (AvgIpc) is 1.09. The van der Waals surface area contributed by atoms with Gasteiger partial charge in [0.1, 0.15) is 79.0 Å². The maximum atomic E-state index is 13.7. The molecule has 93 heavy (non-hydrogen) atoms. The van der Waals surface area contributed by atoms with Gasteiger partial charge in [-0.15, -0.1) is 0 Å². The van der Waals surface area contributed by atoms with Gasteiger partial charge in [-0.1, -0.05) is 11.5 Å². The number of ether oxygens (including phenoxy) is 15. The molecule has 37 nitrogen and oxygen atoms in total.